The Bertz CT molecular complexity index is 714. The summed E-state index contributed by atoms with van der Waals surface area (Å²) in [6.45, 7) is 4.73. The zero-order chi connectivity index (χ0) is 16.4. The third kappa shape index (κ3) is 3.58. The maximum Gasteiger partial charge on any atom is 0.233 e. The van der Waals surface area contributed by atoms with Crippen molar-refractivity contribution < 1.29 is 9.18 Å². The summed E-state index contributed by atoms with van der Waals surface area (Å²) in [5.74, 6) is 0.287. The third-order valence-corrected chi connectivity index (χ3v) is 5.35. The molecule has 0 aromatic heterocycles. The monoisotopic (exact) mass is 329 g/mol. The van der Waals surface area contributed by atoms with E-state index < -0.39 is 0 Å². The molecule has 1 aliphatic heterocycles. The number of amides is 1. The van der Waals surface area contributed by atoms with E-state index in [1.165, 1.54) is 11.6 Å². The Morgan fingerprint density at radius 2 is 2.00 bits per heavy atom. The van der Waals surface area contributed by atoms with Crippen molar-refractivity contribution in [1.82, 2.24) is 4.90 Å². The van der Waals surface area contributed by atoms with Gasteiger partial charge < -0.3 is 4.90 Å². The van der Waals surface area contributed by atoms with E-state index in [-0.39, 0.29) is 17.8 Å². The summed E-state index contributed by atoms with van der Waals surface area (Å²) < 4.78 is 13.5. The van der Waals surface area contributed by atoms with Crippen molar-refractivity contribution in [2.24, 2.45) is 0 Å². The summed E-state index contributed by atoms with van der Waals surface area (Å²) in [6, 6.07) is 13.0. The number of benzene rings is 2. The molecule has 3 rings (SSSR count). The van der Waals surface area contributed by atoms with Crippen LogP contribution in [-0.4, -0.2) is 23.1 Å². The highest BCUT2D eigenvalue weighted by Gasteiger charge is 2.27. The first-order chi connectivity index (χ1) is 11.0. The van der Waals surface area contributed by atoms with E-state index in [0.717, 1.165) is 22.4 Å². The van der Waals surface area contributed by atoms with Crippen LogP contribution in [0.25, 0.3) is 0 Å². The van der Waals surface area contributed by atoms with E-state index in [1.54, 1.807) is 17.8 Å². The van der Waals surface area contributed by atoms with Gasteiger partial charge in [-0.2, -0.15) is 0 Å². The molecule has 0 aliphatic carbocycles. The molecule has 0 spiro atoms. The third-order valence-electron chi connectivity index (χ3n) is 4.35. The van der Waals surface area contributed by atoms with Gasteiger partial charge in [-0.15, -0.1) is 11.8 Å². The highest BCUT2D eigenvalue weighted by Crippen LogP contribution is 2.31. The van der Waals surface area contributed by atoms with E-state index in [1.807, 2.05) is 36.9 Å². The lowest BCUT2D eigenvalue weighted by atomic mass is 9.93. The molecule has 2 aromatic carbocycles. The molecule has 23 heavy (non-hydrogen) atoms. The van der Waals surface area contributed by atoms with Gasteiger partial charge in [-0.3, -0.25) is 4.79 Å². The van der Waals surface area contributed by atoms with Crippen molar-refractivity contribution in [3.8, 4) is 0 Å². The van der Waals surface area contributed by atoms with Crippen molar-refractivity contribution in [3.63, 3.8) is 0 Å². The second kappa shape index (κ2) is 6.75. The van der Waals surface area contributed by atoms with Gasteiger partial charge in [-0.05, 0) is 55.7 Å². The summed E-state index contributed by atoms with van der Waals surface area (Å²) in [6.07, 6.45) is 0.793. The fourth-order valence-corrected chi connectivity index (χ4v) is 3.77. The quantitative estimate of drug-likeness (QED) is 0.779. The van der Waals surface area contributed by atoms with Crippen LogP contribution in [0.2, 0.25) is 0 Å². The molecule has 1 atom stereocenters. The second-order valence-corrected chi connectivity index (χ2v) is 7.01. The van der Waals surface area contributed by atoms with E-state index in [0.29, 0.717) is 12.3 Å². The molecule has 0 N–H and O–H groups in total. The lowest BCUT2D eigenvalue weighted by molar-refractivity contribution is -0.130. The van der Waals surface area contributed by atoms with E-state index in [2.05, 4.69) is 12.1 Å². The van der Waals surface area contributed by atoms with Gasteiger partial charge >= 0.3 is 0 Å². The van der Waals surface area contributed by atoms with Crippen molar-refractivity contribution in [2.75, 3.05) is 12.3 Å². The number of rotatable bonds is 3. The first-order valence-corrected chi connectivity index (χ1v) is 8.80. The van der Waals surface area contributed by atoms with Gasteiger partial charge in [0.2, 0.25) is 5.91 Å². The van der Waals surface area contributed by atoms with E-state index in [4.69, 9.17) is 0 Å². The molecule has 120 valence electrons. The predicted molar refractivity (Wildman–Crippen MR) is 92.1 cm³/mol. The highest BCUT2D eigenvalue weighted by atomic mass is 32.2. The Morgan fingerprint density at radius 3 is 2.74 bits per heavy atom. The molecule has 0 radical (unpaired) electrons. The summed E-state index contributed by atoms with van der Waals surface area (Å²) in [5.41, 5.74) is 3.29. The highest BCUT2D eigenvalue weighted by molar-refractivity contribution is 8.00. The van der Waals surface area contributed by atoms with Crippen molar-refractivity contribution in [2.45, 2.75) is 31.2 Å². The van der Waals surface area contributed by atoms with Gasteiger partial charge in [0.05, 0.1) is 11.8 Å². The van der Waals surface area contributed by atoms with E-state index in [9.17, 15) is 9.18 Å². The van der Waals surface area contributed by atoms with Gasteiger partial charge in [0.15, 0.2) is 0 Å². The van der Waals surface area contributed by atoms with Crippen LogP contribution in [-0.2, 0) is 11.2 Å². The topological polar surface area (TPSA) is 20.3 Å². The van der Waals surface area contributed by atoms with Crippen LogP contribution in [0.4, 0.5) is 4.39 Å². The molecule has 0 bridgehead atoms. The largest absolute Gasteiger partial charge is 0.335 e. The van der Waals surface area contributed by atoms with Gasteiger partial charge in [0, 0.05) is 11.4 Å². The molecule has 1 heterocycles. The minimum absolute atomic E-state index is 0.0689. The molecule has 1 amide bonds. The first kappa shape index (κ1) is 16.1. The zero-order valence-electron chi connectivity index (χ0n) is 13.4. The number of fused-ring (bicyclic) bond motifs is 1. The lowest BCUT2D eigenvalue weighted by Gasteiger charge is -2.35. The van der Waals surface area contributed by atoms with Crippen molar-refractivity contribution in [1.29, 1.82) is 0 Å². The van der Waals surface area contributed by atoms with Crippen molar-refractivity contribution in [3.05, 3.63) is 65.0 Å². The molecular formula is C19H20FNOS. The standard InChI is InChI=1S/C19H20FNOS/c1-13-3-7-17(8-4-13)23-12-19(22)21-10-9-15-5-6-16(20)11-18(15)14(21)2/h3-8,11,14H,9-10,12H2,1-2H3. The number of carbonyl (C=O) groups excluding carboxylic acids is 1. The second-order valence-electron chi connectivity index (χ2n) is 5.96. The van der Waals surface area contributed by atoms with Gasteiger partial charge in [-0.1, -0.05) is 23.8 Å². The first-order valence-electron chi connectivity index (χ1n) is 7.82. The zero-order valence-corrected chi connectivity index (χ0v) is 14.2. The summed E-state index contributed by atoms with van der Waals surface area (Å²) in [4.78, 5) is 15.5. The smallest absolute Gasteiger partial charge is 0.233 e. The van der Waals surface area contributed by atoms with Crippen molar-refractivity contribution >= 4 is 17.7 Å². The minimum Gasteiger partial charge on any atom is -0.335 e. The SMILES string of the molecule is Cc1ccc(SCC(=O)N2CCc3ccc(F)cc3C2C)cc1. The van der Waals surface area contributed by atoms with Crippen LogP contribution in [0.15, 0.2) is 47.4 Å². The maximum absolute atomic E-state index is 13.5. The number of aryl methyl sites for hydroxylation is 1. The molecule has 1 unspecified atom stereocenters. The number of carbonyl (C=O) groups is 1. The van der Waals surface area contributed by atoms with Crippen LogP contribution in [0.5, 0.6) is 0 Å². The van der Waals surface area contributed by atoms with Gasteiger partial charge in [0.25, 0.3) is 0 Å². The predicted octanol–water partition coefficient (Wildman–Crippen LogP) is 4.37. The minimum atomic E-state index is -0.237. The van der Waals surface area contributed by atoms with Gasteiger partial charge in [0.1, 0.15) is 5.82 Å². The Kier molecular flexibility index (Phi) is 4.71. The molecule has 0 saturated carbocycles. The van der Waals surface area contributed by atoms with Crippen LogP contribution >= 0.6 is 11.8 Å². The van der Waals surface area contributed by atoms with Crippen LogP contribution in [0.1, 0.15) is 29.7 Å². The number of thioether (sulfide) groups is 1. The van der Waals surface area contributed by atoms with Crippen LogP contribution < -0.4 is 0 Å². The normalized spacial score (nSPS) is 17.0. The van der Waals surface area contributed by atoms with Gasteiger partial charge in [-0.25, -0.2) is 4.39 Å². The average Bonchev–Trinajstić information content (AvgIpc) is 2.55. The summed E-state index contributed by atoms with van der Waals surface area (Å²) >= 11 is 1.55. The molecule has 2 nitrogen and oxygen atoms in total. The van der Waals surface area contributed by atoms with E-state index >= 15 is 0 Å². The lowest BCUT2D eigenvalue weighted by Crippen LogP contribution is -2.39. The Morgan fingerprint density at radius 1 is 1.26 bits per heavy atom. The summed E-state index contributed by atoms with van der Waals surface area (Å²) in [5, 5.41) is 0. The number of halogens is 1. The maximum atomic E-state index is 13.5. The Hall–Kier alpha value is -1.81. The fourth-order valence-electron chi connectivity index (χ4n) is 2.99. The number of hydrogen-bond donors (Lipinski definition) is 0. The molecular weight excluding hydrogens is 309 g/mol. The van der Waals surface area contributed by atoms with Crippen LogP contribution in [0, 0.1) is 12.7 Å². The molecule has 4 heteroatoms. The van der Waals surface area contributed by atoms with Crippen LogP contribution in [0.3, 0.4) is 0 Å². The summed E-state index contributed by atoms with van der Waals surface area (Å²) in [7, 11) is 0. The molecule has 2 aromatic rings. The Balaban J connectivity index is 1.67. The molecule has 1 aliphatic rings. The average molecular weight is 329 g/mol. The number of nitrogens with zero attached hydrogens (tertiary/aromatic N) is 1. The fraction of sp³-hybridized carbons (Fsp3) is 0.316. The molecule has 0 fully saturated rings. The Labute approximate surface area is 140 Å². The molecule has 0 saturated heterocycles. The number of hydrogen-bond acceptors (Lipinski definition) is 2.